The van der Waals surface area contributed by atoms with E-state index in [2.05, 4.69) is 10.3 Å². The average molecular weight is 394 g/mol. The number of aromatic nitrogens is 1. The van der Waals surface area contributed by atoms with Gasteiger partial charge in [0.15, 0.2) is 12.4 Å². The quantitative estimate of drug-likeness (QED) is 0.646. The fraction of sp³-hybridized carbons (Fsp3) is 0.318. The minimum atomic E-state index is -0.583. The summed E-state index contributed by atoms with van der Waals surface area (Å²) < 4.78 is 16.4. The summed E-state index contributed by atoms with van der Waals surface area (Å²) in [6.07, 6.45) is 1.97. The Morgan fingerprint density at radius 2 is 2.10 bits per heavy atom. The molecule has 0 aliphatic carbocycles. The average Bonchev–Trinajstić information content (AvgIpc) is 3.41. The van der Waals surface area contributed by atoms with Crippen LogP contribution in [0.4, 0.5) is 0 Å². The molecule has 1 aromatic carbocycles. The smallest absolute Gasteiger partial charge is 0.339 e. The summed E-state index contributed by atoms with van der Waals surface area (Å²) in [4.78, 5) is 29.3. The van der Waals surface area contributed by atoms with E-state index in [9.17, 15) is 9.59 Å². The van der Waals surface area contributed by atoms with E-state index in [0.717, 1.165) is 25.2 Å². The summed E-state index contributed by atoms with van der Waals surface area (Å²) in [7, 11) is 0. The second-order valence-corrected chi connectivity index (χ2v) is 7.00. The highest BCUT2D eigenvalue weighted by atomic mass is 16.5. The van der Waals surface area contributed by atoms with Gasteiger partial charge in [-0.2, -0.15) is 0 Å². The number of carbonyl (C=O) groups is 2. The number of carbonyl (C=O) groups excluding carboxylic acids is 2. The second-order valence-electron chi connectivity index (χ2n) is 7.00. The lowest BCUT2D eigenvalue weighted by Gasteiger charge is -2.12. The van der Waals surface area contributed by atoms with Gasteiger partial charge >= 0.3 is 5.97 Å². The zero-order chi connectivity index (χ0) is 20.2. The van der Waals surface area contributed by atoms with E-state index >= 15 is 0 Å². The number of fused-ring (bicyclic) bond motifs is 1. The molecule has 0 saturated carbocycles. The number of aryl methyl sites for hydroxylation is 1. The van der Waals surface area contributed by atoms with Crippen molar-refractivity contribution in [3.8, 4) is 11.5 Å². The van der Waals surface area contributed by atoms with Crippen molar-refractivity contribution in [2.24, 2.45) is 0 Å². The van der Waals surface area contributed by atoms with Crippen molar-refractivity contribution in [3.63, 3.8) is 0 Å². The molecule has 1 fully saturated rings. The first-order valence-electron chi connectivity index (χ1n) is 9.62. The van der Waals surface area contributed by atoms with Gasteiger partial charge in [-0.05, 0) is 44.0 Å². The Kier molecular flexibility index (Phi) is 5.57. The van der Waals surface area contributed by atoms with Crippen molar-refractivity contribution in [2.75, 3.05) is 19.8 Å². The van der Waals surface area contributed by atoms with Crippen molar-refractivity contribution in [3.05, 3.63) is 53.8 Å². The Hall–Kier alpha value is -3.19. The molecule has 0 spiro atoms. The molecule has 2 aromatic heterocycles. The first-order valence-corrected chi connectivity index (χ1v) is 9.62. The van der Waals surface area contributed by atoms with E-state index < -0.39 is 5.97 Å². The molecule has 1 N–H and O–H groups in total. The molecule has 1 aliphatic rings. The van der Waals surface area contributed by atoms with Crippen LogP contribution in [-0.4, -0.2) is 42.7 Å². The molecule has 1 amide bonds. The SMILES string of the molecule is Cc1ccc(-c2cc(C(=O)OCC(=O)NC[C@@H]3CCCO3)c3ccccc3n2)o1. The summed E-state index contributed by atoms with van der Waals surface area (Å²) in [5, 5.41) is 3.40. The fourth-order valence-corrected chi connectivity index (χ4v) is 3.34. The monoisotopic (exact) mass is 394 g/mol. The van der Waals surface area contributed by atoms with Gasteiger partial charge in [0.2, 0.25) is 0 Å². The summed E-state index contributed by atoms with van der Waals surface area (Å²) in [5.74, 6) is 0.382. The van der Waals surface area contributed by atoms with Crippen LogP contribution in [-0.2, 0) is 14.3 Å². The largest absolute Gasteiger partial charge is 0.460 e. The molecular formula is C22H22N2O5. The highest BCUT2D eigenvalue weighted by Crippen LogP contribution is 2.26. The standard InChI is InChI=1S/C22H22N2O5/c1-14-8-9-20(29-14)19-11-17(16-6-2-3-7-18(16)24-19)22(26)28-13-21(25)23-12-15-5-4-10-27-15/h2-3,6-9,11,15H,4-5,10,12-13H2,1H3,(H,23,25)/t15-/m0/s1. The van der Waals surface area contributed by atoms with Gasteiger partial charge in [-0.15, -0.1) is 0 Å². The molecule has 0 bridgehead atoms. The molecule has 3 aromatic rings. The maximum atomic E-state index is 12.7. The summed E-state index contributed by atoms with van der Waals surface area (Å²) in [5.41, 5.74) is 1.52. The van der Waals surface area contributed by atoms with E-state index in [1.54, 1.807) is 18.2 Å². The third kappa shape index (κ3) is 4.46. The summed E-state index contributed by atoms with van der Waals surface area (Å²) >= 11 is 0. The molecule has 1 saturated heterocycles. The Balaban J connectivity index is 1.49. The topological polar surface area (TPSA) is 90.7 Å². The minimum Gasteiger partial charge on any atom is -0.460 e. The van der Waals surface area contributed by atoms with Crippen LogP contribution < -0.4 is 5.32 Å². The van der Waals surface area contributed by atoms with Crippen LogP contribution >= 0.6 is 0 Å². The van der Waals surface area contributed by atoms with Crippen LogP contribution in [0.1, 0.15) is 29.0 Å². The molecule has 3 heterocycles. The highest BCUT2D eigenvalue weighted by Gasteiger charge is 2.19. The maximum Gasteiger partial charge on any atom is 0.339 e. The number of para-hydroxylation sites is 1. The molecule has 29 heavy (non-hydrogen) atoms. The Morgan fingerprint density at radius 1 is 1.24 bits per heavy atom. The number of nitrogens with zero attached hydrogens (tertiary/aromatic N) is 1. The van der Waals surface area contributed by atoms with Crippen molar-refractivity contribution in [1.29, 1.82) is 0 Å². The van der Waals surface area contributed by atoms with Gasteiger partial charge in [-0.25, -0.2) is 9.78 Å². The van der Waals surface area contributed by atoms with Crippen LogP contribution in [0.2, 0.25) is 0 Å². The van der Waals surface area contributed by atoms with E-state index in [1.165, 1.54) is 0 Å². The molecule has 1 atom stereocenters. The number of ether oxygens (including phenoxy) is 2. The van der Waals surface area contributed by atoms with E-state index in [1.807, 2.05) is 31.2 Å². The van der Waals surface area contributed by atoms with Gasteiger partial charge in [0, 0.05) is 18.5 Å². The zero-order valence-corrected chi connectivity index (χ0v) is 16.1. The highest BCUT2D eigenvalue weighted by molar-refractivity contribution is 6.05. The number of furan rings is 1. The lowest BCUT2D eigenvalue weighted by molar-refractivity contribution is -0.124. The molecule has 150 valence electrons. The number of amides is 1. The van der Waals surface area contributed by atoms with Crippen LogP contribution in [0.15, 0.2) is 46.9 Å². The number of rotatable bonds is 6. The summed E-state index contributed by atoms with van der Waals surface area (Å²) in [6.45, 7) is 2.64. The Bertz CT molecular complexity index is 1040. The van der Waals surface area contributed by atoms with Gasteiger partial charge in [-0.1, -0.05) is 18.2 Å². The van der Waals surface area contributed by atoms with Crippen LogP contribution in [0.3, 0.4) is 0 Å². The lowest BCUT2D eigenvalue weighted by atomic mass is 10.1. The minimum absolute atomic E-state index is 0.0399. The first kappa shape index (κ1) is 19.1. The van der Waals surface area contributed by atoms with Gasteiger partial charge in [-0.3, -0.25) is 4.79 Å². The fourth-order valence-electron chi connectivity index (χ4n) is 3.34. The first-order chi connectivity index (χ1) is 14.1. The van der Waals surface area contributed by atoms with Gasteiger partial charge in [0.05, 0.1) is 17.2 Å². The predicted molar refractivity (Wildman–Crippen MR) is 106 cm³/mol. The van der Waals surface area contributed by atoms with E-state index in [4.69, 9.17) is 13.9 Å². The molecule has 0 radical (unpaired) electrons. The Morgan fingerprint density at radius 3 is 2.86 bits per heavy atom. The molecule has 7 heteroatoms. The lowest BCUT2D eigenvalue weighted by Crippen LogP contribution is -2.34. The number of hydrogen-bond acceptors (Lipinski definition) is 6. The van der Waals surface area contributed by atoms with Gasteiger partial charge < -0.3 is 19.2 Å². The normalized spacial score (nSPS) is 16.1. The number of nitrogens with one attached hydrogen (secondary N) is 1. The molecule has 0 unspecified atom stereocenters. The number of pyridine rings is 1. The molecule has 4 rings (SSSR count). The van der Waals surface area contributed by atoms with E-state index in [-0.39, 0.29) is 18.6 Å². The van der Waals surface area contributed by atoms with Crippen LogP contribution in [0, 0.1) is 6.92 Å². The van der Waals surface area contributed by atoms with Crippen LogP contribution in [0.25, 0.3) is 22.4 Å². The Labute approximate surface area is 168 Å². The van der Waals surface area contributed by atoms with Crippen molar-refractivity contribution < 1.29 is 23.5 Å². The molecular weight excluding hydrogens is 372 g/mol. The van der Waals surface area contributed by atoms with Crippen molar-refractivity contribution in [1.82, 2.24) is 10.3 Å². The number of esters is 1. The van der Waals surface area contributed by atoms with E-state index in [0.29, 0.717) is 34.5 Å². The van der Waals surface area contributed by atoms with Crippen molar-refractivity contribution >= 4 is 22.8 Å². The molecule has 1 aliphatic heterocycles. The molecule has 7 nitrogen and oxygen atoms in total. The van der Waals surface area contributed by atoms with Crippen molar-refractivity contribution in [2.45, 2.75) is 25.9 Å². The zero-order valence-electron chi connectivity index (χ0n) is 16.1. The third-order valence-electron chi connectivity index (χ3n) is 4.81. The number of benzene rings is 1. The second kappa shape index (κ2) is 8.45. The third-order valence-corrected chi connectivity index (χ3v) is 4.81. The number of hydrogen-bond donors (Lipinski definition) is 1. The van der Waals surface area contributed by atoms with Crippen LogP contribution in [0.5, 0.6) is 0 Å². The predicted octanol–water partition coefficient (Wildman–Crippen LogP) is 3.26. The maximum absolute atomic E-state index is 12.7. The van der Waals surface area contributed by atoms with Gasteiger partial charge in [0.25, 0.3) is 5.91 Å². The van der Waals surface area contributed by atoms with Gasteiger partial charge in [0.1, 0.15) is 11.5 Å². The summed E-state index contributed by atoms with van der Waals surface area (Å²) in [6, 6.07) is 12.6.